The summed E-state index contributed by atoms with van der Waals surface area (Å²) in [5.74, 6) is -0.120. The van der Waals surface area contributed by atoms with E-state index in [9.17, 15) is 13.2 Å². The highest BCUT2D eigenvalue weighted by atomic mass is 35.5. The molecule has 0 aromatic heterocycles. The van der Waals surface area contributed by atoms with Crippen molar-refractivity contribution >= 4 is 50.9 Å². The predicted octanol–water partition coefficient (Wildman–Crippen LogP) is 4.09. The van der Waals surface area contributed by atoms with Crippen LogP contribution in [0.4, 0.5) is 5.69 Å². The van der Waals surface area contributed by atoms with Crippen LogP contribution in [-0.4, -0.2) is 27.5 Å². The van der Waals surface area contributed by atoms with E-state index in [-0.39, 0.29) is 16.6 Å². The minimum absolute atomic E-state index is 0.0165. The number of benzene rings is 2. The van der Waals surface area contributed by atoms with Crippen LogP contribution >= 0.6 is 23.2 Å². The van der Waals surface area contributed by atoms with Crippen molar-refractivity contribution in [2.24, 2.45) is 0 Å². The topological polar surface area (TPSA) is 84.5 Å². The Bertz CT molecular complexity index is 1030. The van der Waals surface area contributed by atoms with Gasteiger partial charge in [-0.25, -0.2) is 13.1 Å². The first-order valence-corrected chi connectivity index (χ1v) is 10.7. The number of ether oxygens (including phenoxy) is 1. The summed E-state index contributed by atoms with van der Waals surface area (Å²) in [5, 5.41) is 3.54. The van der Waals surface area contributed by atoms with E-state index in [1.807, 2.05) is 0 Å². The molecule has 1 saturated carbocycles. The molecular weight excluding hydrogens is 423 g/mol. The molecule has 3 rings (SSSR count). The Balaban J connectivity index is 1.78. The first kappa shape index (κ1) is 20.7. The number of hydrogen-bond acceptors (Lipinski definition) is 4. The molecule has 0 aliphatic heterocycles. The van der Waals surface area contributed by atoms with Crippen molar-refractivity contribution < 1.29 is 17.9 Å². The van der Waals surface area contributed by atoms with Crippen molar-refractivity contribution in [3.63, 3.8) is 0 Å². The first-order chi connectivity index (χ1) is 13.3. The molecule has 6 nitrogen and oxygen atoms in total. The lowest BCUT2D eigenvalue weighted by Crippen LogP contribution is -2.25. The summed E-state index contributed by atoms with van der Waals surface area (Å²) >= 11 is 11.9. The number of rotatable bonds is 7. The van der Waals surface area contributed by atoms with E-state index in [4.69, 9.17) is 27.9 Å². The summed E-state index contributed by atoms with van der Waals surface area (Å²) in [4.78, 5) is 12.3. The normalized spacial score (nSPS) is 14.2. The van der Waals surface area contributed by atoms with Gasteiger partial charge in [-0.05, 0) is 54.8 Å². The summed E-state index contributed by atoms with van der Waals surface area (Å²) in [7, 11) is -2.21. The molecule has 148 valence electrons. The highest BCUT2D eigenvalue weighted by Gasteiger charge is 2.28. The summed E-state index contributed by atoms with van der Waals surface area (Å²) in [6.07, 6.45) is 4.49. The molecule has 1 aliphatic carbocycles. The van der Waals surface area contributed by atoms with Crippen molar-refractivity contribution in [2.45, 2.75) is 23.8 Å². The SMILES string of the molecule is COc1ccc(S(=O)(=O)NC2CC2)cc1NC(=O)/C=C/c1ccc(Cl)cc1Cl. The van der Waals surface area contributed by atoms with Crippen LogP contribution < -0.4 is 14.8 Å². The summed E-state index contributed by atoms with van der Waals surface area (Å²) in [5.41, 5.74) is 0.871. The molecule has 9 heteroatoms. The minimum Gasteiger partial charge on any atom is -0.495 e. The van der Waals surface area contributed by atoms with Gasteiger partial charge in [0, 0.05) is 22.2 Å². The Morgan fingerprint density at radius 1 is 1.18 bits per heavy atom. The number of methoxy groups -OCH3 is 1. The number of sulfonamides is 1. The summed E-state index contributed by atoms with van der Waals surface area (Å²) in [6, 6.07) is 9.20. The zero-order chi connectivity index (χ0) is 20.3. The molecule has 1 amide bonds. The molecule has 2 aromatic carbocycles. The Morgan fingerprint density at radius 2 is 1.93 bits per heavy atom. The number of nitrogens with one attached hydrogen (secondary N) is 2. The molecule has 2 aromatic rings. The maximum absolute atomic E-state index is 12.4. The molecule has 0 spiro atoms. The molecule has 0 unspecified atom stereocenters. The van der Waals surface area contributed by atoms with Crippen molar-refractivity contribution in [1.29, 1.82) is 0 Å². The summed E-state index contributed by atoms with van der Waals surface area (Å²) in [6.45, 7) is 0. The fourth-order valence-corrected chi connectivity index (χ4v) is 4.22. The molecular formula is C19H18Cl2N2O4S. The Kier molecular flexibility index (Phi) is 6.30. The second-order valence-electron chi connectivity index (χ2n) is 6.25. The van der Waals surface area contributed by atoms with Gasteiger partial charge in [-0.3, -0.25) is 4.79 Å². The standard InChI is InChI=1S/C19H18Cl2N2O4S/c1-27-18-8-7-15(28(25,26)23-14-5-6-14)11-17(18)22-19(24)9-3-12-2-4-13(20)10-16(12)21/h2-4,7-11,14,23H,5-6H2,1H3,(H,22,24)/b9-3+. The quantitative estimate of drug-likeness (QED) is 0.634. The second kappa shape index (κ2) is 8.53. The van der Waals surface area contributed by atoms with Crippen LogP contribution in [0.25, 0.3) is 6.08 Å². The third kappa shape index (κ3) is 5.26. The number of hydrogen-bond donors (Lipinski definition) is 2. The second-order valence-corrected chi connectivity index (χ2v) is 8.80. The van der Waals surface area contributed by atoms with E-state index in [2.05, 4.69) is 10.0 Å². The minimum atomic E-state index is -3.65. The molecule has 1 aliphatic rings. The van der Waals surface area contributed by atoms with Crippen molar-refractivity contribution in [3.8, 4) is 5.75 Å². The number of carbonyl (C=O) groups excluding carboxylic acids is 1. The van der Waals surface area contributed by atoms with E-state index >= 15 is 0 Å². The molecule has 0 heterocycles. The highest BCUT2D eigenvalue weighted by Crippen LogP contribution is 2.29. The number of anilines is 1. The van der Waals surface area contributed by atoms with Gasteiger partial charge < -0.3 is 10.1 Å². The van der Waals surface area contributed by atoms with Crippen LogP contribution in [0.3, 0.4) is 0 Å². The number of carbonyl (C=O) groups is 1. The van der Waals surface area contributed by atoms with Gasteiger partial charge in [-0.1, -0.05) is 29.3 Å². The number of halogens is 2. The molecule has 0 saturated heterocycles. The zero-order valence-electron chi connectivity index (χ0n) is 14.9. The molecule has 0 atom stereocenters. The number of amides is 1. The van der Waals surface area contributed by atoms with E-state index in [1.54, 1.807) is 18.2 Å². The van der Waals surface area contributed by atoms with E-state index < -0.39 is 15.9 Å². The van der Waals surface area contributed by atoms with Gasteiger partial charge in [-0.15, -0.1) is 0 Å². The lowest BCUT2D eigenvalue weighted by atomic mass is 10.2. The van der Waals surface area contributed by atoms with Gasteiger partial charge in [-0.2, -0.15) is 0 Å². The van der Waals surface area contributed by atoms with E-state index in [1.165, 1.54) is 37.5 Å². The zero-order valence-corrected chi connectivity index (χ0v) is 17.2. The Labute approximate surface area is 173 Å². The lowest BCUT2D eigenvalue weighted by molar-refractivity contribution is -0.111. The van der Waals surface area contributed by atoms with Crippen LogP contribution in [-0.2, 0) is 14.8 Å². The molecule has 28 heavy (non-hydrogen) atoms. The fraction of sp³-hybridized carbons (Fsp3) is 0.211. The summed E-state index contributed by atoms with van der Waals surface area (Å²) < 4.78 is 32.6. The molecule has 1 fully saturated rings. The Hall–Kier alpha value is -2.06. The van der Waals surface area contributed by atoms with Gasteiger partial charge in [0.1, 0.15) is 5.75 Å². The van der Waals surface area contributed by atoms with E-state index in [0.29, 0.717) is 21.4 Å². The lowest BCUT2D eigenvalue weighted by Gasteiger charge is -2.12. The average Bonchev–Trinajstić information content (AvgIpc) is 3.44. The highest BCUT2D eigenvalue weighted by molar-refractivity contribution is 7.89. The largest absolute Gasteiger partial charge is 0.495 e. The van der Waals surface area contributed by atoms with Crippen LogP contribution in [0.1, 0.15) is 18.4 Å². The van der Waals surface area contributed by atoms with Gasteiger partial charge >= 0.3 is 0 Å². The third-order valence-electron chi connectivity index (χ3n) is 4.02. The maximum Gasteiger partial charge on any atom is 0.248 e. The monoisotopic (exact) mass is 440 g/mol. The van der Waals surface area contributed by atoms with Crippen LogP contribution in [0, 0.1) is 0 Å². The third-order valence-corrected chi connectivity index (χ3v) is 6.10. The van der Waals surface area contributed by atoms with Gasteiger partial charge in [0.05, 0.1) is 17.7 Å². The van der Waals surface area contributed by atoms with Crippen molar-refractivity contribution in [1.82, 2.24) is 4.72 Å². The van der Waals surface area contributed by atoms with E-state index in [0.717, 1.165) is 12.8 Å². The van der Waals surface area contributed by atoms with Crippen LogP contribution in [0.15, 0.2) is 47.4 Å². The van der Waals surface area contributed by atoms with Gasteiger partial charge in [0.2, 0.25) is 15.9 Å². The Morgan fingerprint density at radius 3 is 2.57 bits per heavy atom. The smallest absolute Gasteiger partial charge is 0.248 e. The molecule has 2 N–H and O–H groups in total. The van der Waals surface area contributed by atoms with Crippen molar-refractivity contribution in [3.05, 3.63) is 58.1 Å². The van der Waals surface area contributed by atoms with Gasteiger partial charge in [0.25, 0.3) is 0 Å². The average molecular weight is 441 g/mol. The molecule has 0 radical (unpaired) electrons. The van der Waals surface area contributed by atoms with Crippen molar-refractivity contribution in [2.75, 3.05) is 12.4 Å². The first-order valence-electron chi connectivity index (χ1n) is 8.43. The maximum atomic E-state index is 12.4. The van der Waals surface area contributed by atoms with Gasteiger partial charge in [0.15, 0.2) is 0 Å². The fourth-order valence-electron chi connectivity index (χ4n) is 2.42. The molecule has 0 bridgehead atoms. The van der Waals surface area contributed by atoms with Crippen LogP contribution in [0.2, 0.25) is 10.0 Å². The predicted molar refractivity (Wildman–Crippen MR) is 110 cm³/mol. The van der Waals surface area contributed by atoms with Crippen LogP contribution in [0.5, 0.6) is 5.75 Å².